The molecular weight excluding hydrogens is 328 g/mol. The molecule has 6 nitrogen and oxygen atoms in total. The number of carbonyl (C=O) groups excluding carboxylic acids is 1. The Balaban J connectivity index is 1.50. The van der Waals surface area contributed by atoms with Gasteiger partial charge < -0.3 is 19.5 Å². The van der Waals surface area contributed by atoms with Crippen LogP contribution in [-0.2, 0) is 17.8 Å². The maximum Gasteiger partial charge on any atom is 0.227 e. The monoisotopic (exact) mass is 354 g/mol. The highest BCUT2D eigenvalue weighted by Gasteiger charge is 2.31. The summed E-state index contributed by atoms with van der Waals surface area (Å²) in [5.41, 5.74) is 3.14. The minimum atomic E-state index is 0.135. The van der Waals surface area contributed by atoms with Crippen molar-refractivity contribution < 1.29 is 9.53 Å². The fraction of sp³-hybridized carbons (Fsp3) is 0.500. The van der Waals surface area contributed by atoms with Crippen molar-refractivity contribution in [2.24, 2.45) is 5.92 Å². The van der Waals surface area contributed by atoms with E-state index < -0.39 is 0 Å². The number of aromatic amines is 1. The molecule has 0 aliphatic carbocycles. The van der Waals surface area contributed by atoms with Crippen LogP contribution in [0.2, 0.25) is 0 Å². The van der Waals surface area contributed by atoms with E-state index in [2.05, 4.69) is 16.9 Å². The zero-order chi connectivity index (χ0) is 18.1. The molecule has 1 N–H and O–H groups in total. The lowest BCUT2D eigenvalue weighted by Gasteiger charge is -2.34. The number of imidazole rings is 1. The number of benzene rings is 1. The van der Waals surface area contributed by atoms with Gasteiger partial charge in [0.2, 0.25) is 5.91 Å². The highest BCUT2D eigenvalue weighted by molar-refractivity contribution is 5.79. The summed E-state index contributed by atoms with van der Waals surface area (Å²) in [7, 11) is 3.77. The number of hydrogen-bond donors (Lipinski definition) is 1. The van der Waals surface area contributed by atoms with Crippen LogP contribution in [0.1, 0.15) is 24.2 Å². The number of H-pyrrole nitrogens is 1. The maximum atomic E-state index is 12.9. The first-order valence-electron chi connectivity index (χ1n) is 9.33. The first-order valence-corrected chi connectivity index (χ1v) is 9.33. The van der Waals surface area contributed by atoms with E-state index in [1.807, 2.05) is 29.2 Å². The first kappa shape index (κ1) is 17.1. The Morgan fingerprint density at radius 3 is 3.04 bits per heavy atom. The average molecular weight is 354 g/mol. The Kier molecular flexibility index (Phi) is 4.68. The molecular formula is C20H26N4O2. The average Bonchev–Trinajstić information content (AvgIpc) is 3.11. The van der Waals surface area contributed by atoms with Gasteiger partial charge in [-0.3, -0.25) is 4.79 Å². The van der Waals surface area contributed by atoms with Gasteiger partial charge in [-0.15, -0.1) is 0 Å². The molecule has 1 saturated heterocycles. The molecule has 26 heavy (non-hydrogen) atoms. The molecule has 4 rings (SSSR count). The standard InChI is InChI=1S/C20H26N4O2/c1-23-9-4-6-15(12-23)20(25)24-10-8-17-18(13-24)22-19(21-17)14-5-3-7-16(11-14)26-2/h3,5,7,11,15H,4,6,8-10,12-13H2,1-2H3,(H,21,22)/t15-/m1/s1. The van der Waals surface area contributed by atoms with Gasteiger partial charge in [0.05, 0.1) is 31.0 Å². The highest BCUT2D eigenvalue weighted by atomic mass is 16.5. The van der Waals surface area contributed by atoms with Crippen molar-refractivity contribution in [2.75, 3.05) is 33.8 Å². The molecule has 1 amide bonds. The zero-order valence-electron chi connectivity index (χ0n) is 15.5. The number of methoxy groups -OCH3 is 1. The largest absolute Gasteiger partial charge is 0.497 e. The van der Waals surface area contributed by atoms with E-state index in [0.717, 1.165) is 67.4 Å². The molecule has 2 aromatic rings. The number of aromatic nitrogens is 2. The summed E-state index contributed by atoms with van der Waals surface area (Å²) >= 11 is 0. The molecule has 0 radical (unpaired) electrons. The van der Waals surface area contributed by atoms with E-state index >= 15 is 0 Å². The van der Waals surface area contributed by atoms with Crippen molar-refractivity contribution in [1.29, 1.82) is 0 Å². The number of likely N-dealkylation sites (tertiary alicyclic amines) is 1. The van der Waals surface area contributed by atoms with Crippen LogP contribution in [0, 0.1) is 5.92 Å². The number of ether oxygens (including phenoxy) is 1. The SMILES string of the molecule is COc1cccc(-c2nc3c([nH]2)CN(C(=O)[C@@H]2CCCN(C)C2)CC3)c1. The van der Waals surface area contributed by atoms with Crippen molar-refractivity contribution in [1.82, 2.24) is 19.8 Å². The summed E-state index contributed by atoms with van der Waals surface area (Å²) in [5.74, 6) is 2.09. The molecule has 1 aromatic heterocycles. The smallest absolute Gasteiger partial charge is 0.227 e. The second-order valence-corrected chi connectivity index (χ2v) is 7.35. The molecule has 1 fully saturated rings. The van der Waals surface area contributed by atoms with E-state index in [1.165, 1.54) is 0 Å². The van der Waals surface area contributed by atoms with Gasteiger partial charge in [-0.25, -0.2) is 4.98 Å². The van der Waals surface area contributed by atoms with Crippen LogP contribution in [0.25, 0.3) is 11.4 Å². The van der Waals surface area contributed by atoms with E-state index in [1.54, 1.807) is 7.11 Å². The first-order chi connectivity index (χ1) is 12.6. The molecule has 2 aliphatic rings. The minimum absolute atomic E-state index is 0.135. The number of fused-ring (bicyclic) bond motifs is 1. The molecule has 0 unspecified atom stereocenters. The Morgan fingerprint density at radius 2 is 2.23 bits per heavy atom. The Labute approximate surface area is 154 Å². The van der Waals surface area contributed by atoms with Crippen LogP contribution in [0.3, 0.4) is 0 Å². The minimum Gasteiger partial charge on any atom is -0.497 e. The quantitative estimate of drug-likeness (QED) is 0.919. The zero-order valence-corrected chi connectivity index (χ0v) is 15.5. The van der Waals surface area contributed by atoms with Crippen molar-refractivity contribution in [3.8, 4) is 17.1 Å². The summed E-state index contributed by atoms with van der Waals surface area (Å²) < 4.78 is 5.30. The van der Waals surface area contributed by atoms with Gasteiger partial charge in [-0.2, -0.15) is 0 Å². The lowest BCUT2D eigenvalue weighted by molar-refractivity contribution is -0.138. The van der Waals surface area contributed by atoms with Crippen LogP contribution < -0.4 is 4.74 Å². The molecule has 6 heteroatoms. The number of piperidine rings is 1. The number of nitrogens with zero attached hydrogens (tertiary/aromatic N) is 3. The van der Waals surface area contributed by atoms with Crippen molar-refractivity contribution >= 4 is 5.91 Å². The third kappa shape index (κ3) is 3.33. The van der Waals surface area contributed by atoms with Crippen LogP contribution in [0.4, 0.5) is 0 Å². The second kappa shape index (κ2) is 7.11. The Hall–Kier alpha value is -2.34. The highest BCUT2D eigenvalue weighted by Crippen LogP contribution is 2.27. The number of nitrogens with one attached hydrogen (secondary N) is 1. The molecule has 0 bridgehead atoms. The lowest BCUT2D eigenvalue weighted by Crippen LogP contribution is -2.45. The summed E-state index contributed by atoms with van der Waals surface area (Å²) in [6.45, 7) is 3.36. The molecule has 0 saturated carbocycles. The van der Waals surface area contributed by atoms with Crippen LogP contribution >= 0.6 is 0 Å². The predicted octanol–water partition coefficient (Wildman–Crippen LogP) is 2.31. The van der Waals surface area contributed by atoms with E-state index in [-0.39, 0.29) is 5.92 Å². The summed E-state index contributed by atoms with van der Waals surface area (Å²) in [4.78, 5) is 25.4. The Morgan fingerprint density at radius 1 is 1.35 bits per heavy atom. The third-order valence-corrected chi connectivity index (χ3v) is 5.46. The van der Waals surface area contributed by atoms with Crippen molar-refractivity contribution in [3.05, 3.63) is 35.7 Å². The Bertz CT molecular complexity index is 801. The lowest BCUT2D eigenvalue weighted by atomic mass is 9.96. The molecule has 1 aromatic carbocycles. The van der Waals surface area contributed by atoms with Crippen LogP contribution in [0.15, 0.2) is 24.3 Å². The van der Waals surface area contributed by atoms with Crippen LogP contribution in [-0.4, -0.2) is 59.5 Å². The van der Waals surface area contributed by atoms with Gasteiger partial charge in [-0.1, -0.05) is 12.1 Å². The number of carbonyl (C=O) groups is 1. The van der Waals surface area contributed by atoms with E-state index in [9.17, 15) is 4.79 Å². The van der Waals surface area contributed by atoms with Gasteiger partial charge in [0.25, 0.3) is 0 Å². The number of rotatable bonds is 3. The molecule has 2 aliphatic heterocycles. The summed E-state index contributed by atoms with van der Waals surface area (Å²) in [5, 5.41) is 0. The third-order valence-electron chi connectivity index (χ3n) is 5.46. The molecule has 138 valence electrons. The van der Waals surface area contributed by atoms with Gasteiger partial charge in [-0.05, 0) is 38.6 Å². The molecule has 0 spiro atoms. The normalized spacial score (nSPS) is 20.7. The van der Waals surface area contributed by atoms with E-state index in [0.29, 0.717) is 12.5 Å². The number of hydrogen-bond acceptors (Lipinski definition) is 4. The predicted molar refractivity (Wildman–Crippen MR) is 99.9 cm³/mol. The van der Waals surface area contributed by atoms with Gasteiger partial charge >= 0.3 is 0 Å². The number of amides is 1. The maximum absolute atomic E-state index is 12.9. The van der Waals surface area contributed by atoms with Crippen molar-refractivity contribution in [3.63, 3.8) is 0 Å². The molecule has 1 atom stereocenters. The van der Waals surface area contributed by atoms with E-state index in [4.69, 9.17) is 9.72 Å². The van der Waals surface area contributed by atoms with Crippen molar-refractivity contribution in [2.45, 2.75) is 25.8 Å². The topological polar surface area (TPSA) is 61.5 Å². The summed E-state index contributed by atoms with van der Waals surface area (Å²) in [6, 6.07) is 7.89. The fourth-order valence-electron chi connectivity index (χ4n) is 4.02. The van der Waals surface area contributed by atoms with Gasteiger partial charge in [0.1, 0.15) is 11.6 Å². The fourth-order valence-corrected chi connectivity index (χ4v) is 4.02. The summed E-state index contributed by atoms with van der Waals surface area (Å²) in [6.07, 6.45) is 2.92. The van der Waals surface area contributed by atoms with Gasteiger partial charge in [0.15, 0.2) is 0 Å². The molecule has 3 heterocycles. The van der Waals surface area contributed by atoms with Gasteiger partial charge in [0, 0.05) is 25.1 Å². The van der Waals surface area contributed by atoms with Crippen LogP contribution in [0.5, 0.6) is 5.75 Å². The second-order valence-electron chi connectivity index (χ2n) is 7.35.